The molecule has 88 valence electrons. The summed E-state index contributed by atoms with van der Waals surface area (Å²) in [7, 11) is 0. The first kappa shape index (κ1) is 11.7. The van der Waals surface area contributed by atoms with E-state index >= 15 is 0 Å². The highest BCUT2D eigenvalue weighted by molar-refractivity contribution is 5.13. The summed E-state index contributed by atoms with van der Waals surface area (Å²) in [4.78, 5) is 8.39. The third kappa shape index (κ3) is 3.62. The van der Waals surface area contributed by atoms with Gasteiger partial charge in [-0.25, -0.2) is 9.97 Å². The lowest BCUT2D eigenvalue weighted by atomic mass is 10.2. The molecule has 2 N–H and O–H groups in total. The van der Waals surface area contributed by atoms with Gasteiger partial charge in [-0.15, -0.1) is 0 Å². The maximum absolute atomic E-state index is 5.54. The first-order valence-corrected chi connectivity index (χ1v) is 5.51. The molecule has 0 spiro atoms. The van der Waals surface area contributed by atoms with E-state index in [1.54, 1.807) is 12.3 Å². The highest BCUT2D eigenvalue weighted by Crippen LogP contribution is 2.03. The number of hydrogen-bond acceptors (Lipinski definition) is 4. The summed E-state index contributed by atoms with van der Waals surface area (Å²) < 4.78 is 5.54. The Hall–Kier alpha value is -1.78. The molecule has 4 nitrogen and oxygen atoms in total. The van der Waals surface area contributed by atoms with E-state index in [1.165, 1.54) is 0 Å². The Labute approximate surface area is 100 Å². The van der Waals surface area contributed by atoms with Crippen LogP contribution in [0.4, 0.5) is 0 Å². The van der Waals surface area contributed by atoms with Gasteiger partial charge in [0.1, 0.15) is 6.61 Å². The van der Waals surface area contributed by atoms with Crippen LogP contribution in [0.3, 0.4) is 0 Å². The van der Waals surface area contributed by atoms with Crippen molar-refractivity contribution in [3.8, 4) is 0 Å². The van der Waals surface area contributed by atoms with Crippen LogP contribution in [0, 0.1) is 0 Å². The summed E-state index contributed by atoms with van der Waals surface area (Å²) in [5.41, 5.74) is 7.48. The Bertz CT molecular complexity index is 459. The fraction of sp³-hybridized carbons (Fsp3) is 0.231. The van der Waals surface area contributed by atoms with E-state index in [2.05, 4.69) is 9.97 Å². The predicted octanol–water partition coefficient (Wildman–Crippen LogP) is 1.65. The Morgan fingerprint density at radius 2 is 1.88 bits per heavy atom. The first-order valence-electron chi connectivity index (χ1n) is 5.51. The van der Waals surface area contributed by atoms with Crippen LogP contribution in [0.15, 0.2) is 42.6 Å². The highest BCUT2D eigenvalue weighted by Gasteiger charge is 1.99. The molecule has 0 radical (unpaired) electrons. The van der Waals surface area contributed by atoms with Gasteiger partial charge in [0, 0.05) is 12.7 Å². The number of ether oxygens (including phenoxy) is 1. The van der Waals surface area contributed by atoms with Crippen LogP contribution >= 0.6 is 0 Å². The van der Waals surface area contributed by atoms with Gasteiger partial charge in [0.25, 0.3) is 0 Å². The van der Waals surface area contributed by atoms with Crippen molar-refractivity contribution >= 4 is 0 Å². The molecule has 0 aliphatic heterocycles. The maximum Gasteiger partial charge on any atom is 0.154 e. The molecule has 0 aliphatic carbocycles. The summed E-state index contributed by atoms with van der Waals surface area (Å²) in [5.74, 6) is 0.670. The Morgan fingerprint density at radius 1 is 1.06 bits per heavy atom. The first-order chi connectivity index (χ1) is 8.38. The number of hydrogen-bond donors (Lipinski definition) is 1. The zero-order chi connectivity index (χ0) is 11.9. The lowest BCUT2D eigenvalue weighted by Gasteiger charge is -2.04. The zero-order valence-electron chi connectivity index (χ0n) is 9.54. The third-order valence-corrected chi connectivity index (χ3v) is 2.31. The van der Waals surface area contributed by atoms with Gasteiger partial charge in [-0.3, -0.25) is 0 Å². The van der Waals surface area contributed by atoms with Crippen molar-refractivity contribution in [2.45, 2.75) is 19.8 Å². The lowest BCUT2D eigenvalue weighted by molar-refractivity contribution is 0.101. The number of rotatable bonds is 5. The van der Waals surface area contributed by atoms with Crippen molar-refractivity contribution in [3.05, 3.63) is 59.7 Å². The van der Waals surface area contributed by atoms with E-state index in [1.807, 2.05) is 30.3 Å². The molecule has 0 fully saturated rings. The number of aromatic nitrogens is 2. The molecule has 1 heterocycles. The van der Waals surface area contributed by atoms with Crippen molar-refractivity contribution < 1.29 is 4.74 Å². The van der Waals surface area contributed by atoms with E-state index < -0.39 is 0 Å². The minimum atomic E-state index is 0.405. The monoisotopic (exact) mass is 229 g/mol. The topological polar surface area (TPSA) is 61.0 Å². The number of nitrogens with two attached hydrogens (primary N) is 1. The van der Waals surface area contributed by atoms with Gasteiger partial charge in [0.05, 0.1) is 12.3 Å². The van der Waals surface area contributed by atoms with E-state index in [4.69, 9.17) is 10.5 Å². The summed E-state index contributed by atoms with van der Waals surface area (Å²) in [6.07, 6.45) is 1.70. The van der Waals surface area contributed by atoms with Crippen molar-refractivity contribution in [3.63, 3.8) is 0 Å². The van der Waals surface area contributed by atoms with E-state index in [-0.39, 0.29) is 0 Å². The molecular formula is C13H15N3O. The molecule has 1 aromatic carbocycles. The molecule has 4 heteroatoms. The van der Waals surface area contributed by atoms with E-state index in [0.717, 1.165) is 11.3 Å². The second kappa shape index (κ2) is 6.08. The van der Waals surface area contributed by atoms with Crippen molar-refractivity contribution in [1.29, 1.82) is 0 Å². The Morgan fingerprint density at radius 3 is 2.65 bits per heavy atom. The fourth-order valence-corrected chi connectivity index (χ4v) is 1.46. The standard InChI is InChI=1S/C13H15N3O/c14-8-12-6-7-15-13(16-12)10-17-9-11-4-2-1-3-5-11/h1-7H,8-10,14H2. The van der Waals surface area contributed by atoms with Gasteiger partial charge in [0.15, 0.2) is 5.82 Å². The largest absolute Gasteiger partial charge is 0.369 e. The minimum Gasteiger partial charge on any atom is -0.369 e. The van der Waals surface area contributed by atoms with Crippen LogP contribution in [0.5, 0.6) is 0 Å². The van der Waals surface area contributed by atoms with Crippen molar-refractivity contribution in [1.82, 2.24) is 9.97 Å². The molecule has 0 saturated heterocycles. The van der Waals surface area contributed by atoms with Gasteiger partial charge in [0.2, 0.25) is 0 Å². The van der Waals surface area contributed by atoms with Crippen LogP contribution in [0.1, 0.15) is 17.1 Å². The second-order valence-electron chi connectivity index (χ2n) is 3.65. The maximum atomic E-state index is 5.54. The van der Waals surface area contributed by atoms with Crippen LogP contribution in [0.2, 0.25) is 0 Å². The molecule has 2 rings (SSSR count). The number of nitrogens with zero attached hydrogens (tertiary/aromatic N) is 2. The molecule has 0 atom stereocenters. The minimum absolute atomic E-state index is 0.405. The van der Waals surface area contributed by atoms with E-state index in [9.17, 15) is 0 Å². The predicted molar refractivity (Wildman–Crippen MR) is 64.9 cm³/mol. The van der Waals surface area contributed by atoms with E-state index in [0.29, 0.717) is 25.6 Å². The molecule has 0 unspecified atom stereocenters. The Kier molecular flexibility index (Phi) is 4.18. The van der Waals surface area contributed by atoms with Crippen LogP contribution in [0.25, 0.3) is 0 Å². The highest BCUT2D eigenvalue weighted by atomic mass is 16.5. The average molecular weight is 229 g/mol. The van der Waals surface area contributed by atoms with Gasteiger partial charge >= 0.3 is 0 Å². The molecule has 0 aliphatic rings. The second-order valence-corrected chi connectivity index (χ2v) is 3.65. The van der Waals surface area contributed by atoms with Crippen LogP contribution < -0.4 is 5.73 Å². The van der Waals surface area contributed by atoms with Gasteiger partial charge in [-0.05, 0) is 11.6 Å². The normalized spacial score (nSPS) is 10.4. The number of benzene rings is 1. The Balaban J connectivity index is 1.86. The molecule has 0 saturated carbocycles. The van der Waals surface area contributed by atoms with Gasteiger partial charge in [-0.2, -0.15) is 0 Å². The van der Waals surface area contributed by atoms with Gasteiger partial charge in [-0.1, -0.05) is 30.3 Å². The zero-order valence-corrected chi connectivity index (χ0v) is 9.54. The van der Waals surface area contributed by atoms with Crippen molar-refractivity contribution in [2.75, 3.05) is 0 Å². The molecule has 2 aromatic rings. The smallest absolute Gasteiger partial charge is 0.154 e. The lowest BCUT2D eigenvalue weighted by Crippen LogP contribution is -2.05. The molecule has 17 heavy (non-hydrogen) atoms. The SMILES string of the molecule is NCc1ccnc(COCc2ccccc2)n1. The molecule has 1 aromatic heterocycles. The van der Waals surface area contributed by atoms with Crippen molar-refractivity contribution in [2.24, 2.45) is 5.73 Å². The quantitative estimate of drug-likeness (QED) is 0.846. The molecule has 0 amide bonds. The average Bonchev–Trinajstić information content (AvgIpc) is 2.40. The fourth-order valence-electron chi connectivity index (χ4n) is 1.46. The summed E-state index contributed by atoms with van der Waals surface area (Å²) in [6.45, 7) is 1.40. The third-order valence-electron chi connectivity index (χ3n) is 2.31. The van der Waals surface area contributed by atoms with Gasteiger partial charge < -0.3 is 10.5 Å². The van der Waals surface area contributed by atoms with Crippen LogP contribution in [-0.2, 0) is 24.5 Å². The summed E-state index contributed by atoms with van der Waals surface area (Å²) in [6, 6.07) is 11.8. The molecular weight excluding hydrogens is 214 g/mol. The molecule has 0 bridgehead atoms. The summed E-state index contributed by atoms with van der Waals surface area (Å²) in [5, 5.41) is 0. The summed E-state index contributed by atoms with van der Waals surface area (Å²) >= 11 is 0. The van der Waals surface area contributed by atoms with Crippen LogP contribution in [-0.4, -0.2) is 9.97 Å².